The summed E-state index contributed by atoms with van der Waals surface area (Å²) >= 11 is 0. The van der Waals surface area contributed by atoms with E-state index in [0.29, 0.717) is 13.1 Å². The average Bonchev–Trinajstić information content (AvgIpc) is 2.17. The Labute approximate surface area is 76.9 Å². The van der Waals surface area contributed by atoms with Gasteiger partial charge in [0.1, 0.15) is 0 Å². The van der Waals surface area contributed by atoms with E-state index in [2.05, 4.69) is 4.99 Å². The summed E-state index contributed by atoms with van der Waals surface area (Å²) in [6.07, 6.45) is 7.26. The number of hydrogen-bond acceptors (Lipinski definition) is 4. The molecule has 1 heterocycles. The molecule has 1 aliphatic rings. The molecule has 0 unspecified atom stereocenters. The maximum Gasteiger partial charge on any atom is 0.235 e. The smallest absolute Gasteiger partial charge is 0.235 e. The van der Waals surface area contributed by atoms with Crippen LogP contribution in [0.15, 0.2) is 28.9 Å². The SMILES string of the molecule is O=C=NCC1=CCN(CCO)C=C1. The number of nitrogens with zero attached hydrogens (tertiary/aromatic N) is 2. The molecule has 0 bridgehead atoms. The van der Waals surface area contributed by atoms with Crippen LogP contribution >= 0.6 is 0 Å². The van der Waals surface area contributed by atoms with Gasteiger partial charge in [0, 0.05) is 13.1 Å². The van der Waals surface area contributed by atoms with E-state index in [1.54, 1.807) is 0 Å². The molecule has 13 heavy (non-hydrogen) atoms. The van der Waals surface area contributed by atoms with Gasteiger partial charge in [0.25, 0.3) is 0 Å². The van der Waals surface area contributed by atoms with Crippen molar-refractivity contribution in [3.63, 3.8) is 0 Å². The summed E-state index contributed by atoms with van der Waals surface area (Å²) in [5.41, 5.74) is 1.01. The molecule has 0 aliphatic carbocycles. The van der Waals surface area contributed by atoms with E-state index in [-0.39, 0.29) is 6.61 Å². The van der Waals surface area contributed by atoms with Crippen molar-refractivity contribution in [3.8, 4) is 0 Å². The molecular weight excluding hydrogens is 168 g/mol. The Balaban J connectivity index is 2.40. The van der Waals surface area contributed by atoms with Gasteiger partial charge in [0.2, 0.25) is 6.08 Å². The zero-order chi connectivity index (χ0) is 9.52. The predicted molar refractivity (Wildman–Crippen MR) is 48.9 cm³/mol. The molecule has 0 spiro atoms. The first kappa shape index (κ1) is 9.71. The summed E-state index contributed by atoms with van der Waals surface area (Å²) < 4.78 is 0. The van der Waals surface area contributed by atoms with Gasteiger partial charge in [-0.15, -0.1) is 0 Å². The second-order valence-electron chi connectivity index (χ2n) is 2.72. The molecule has 4 heteroatoms. The largest absolute Gasteiger partial charge is 0.395 e. The van der Waals surface area contributed by atoms with Crippen LogP contribution in [0.2, 0.25) is 0 Å². The fraction of sp³-hybridized carbons (Fsp3) is 0.444. The number of isocyanates is 1. The Morgan fingerprint density at radius 2 is 2.54 bits per heavy atom. The van der Waals surface area contributed by atoms with Crippen LogP contribution in [0.4, 0.5) is 0 Å². The van der Waals surface area contributed by atoms with Crippen molar-refractivity contribution in [2.75, 3.05) is 26.2 Å². The number of aliphatic hydroxyl groups excluding tert-OH is 1. The second kappa shape index (κ2) is 5.30. The van der Waals surface area contributed by atoms with Crippen LogP contribution in [0.5, 0.6) is 0 Å². The summed E-state index contributed by atoms with van der Waals surface area (Å²) in [4.78, 5) is 15.3. The highest BCUT2D eigenvalue weighted by atomic mass is 16.3. The third-order valence-electron chi connectivity index (χ3n) is 1.80. The summed E-state index contributed by atoms with van der Waals surface area (Å²) in [7, 11) is 0. The minimum absolute atomic E-state index is 0.153. The highest BCUT2D eigenvalue weighted by Gasteiger charge is 2.02. The van der Waals surface area contributed by atoms with Gasteiger partial charge in [-0.05, 0) is 17.8 Å². The van der Waals surface area contributed by atoms with E-state index in [1.165, 1.54) is 6.08 Å². The van der Waals surface area contributed by atoms with Crippen molar-refractivity contribution in [1.29, 1.82) is 0 Å². The zero-order valence-electron chi connectivity index (χ0n) is 7.31. The Morgan fingerprint density at radius 1 is 1.69 bits per heavy atom. The maximum atomic E-state index is 9.83. The Kier molecular flexibility index (Phi) is 3.96. The maximum absolute atomic E-state index is 9.83. The van der Waals surface area contributed by atoms with Gasteiger partial charge in [-0.1, -0.05) is 6.08 Å². The van der Waals surface area contributed by atoms with E-state index in [9.17, 15) is 4.79 Å². The van der Waals surface area contributed by atoms with Crippen LogP contribution in [0.1, 0.15) is 0 Å². The summed E-state index contributed by atoms with van der Waals surface area (Å²) in [6, 6.07) is 0. The number of hydrogen-bond donors (Lipinski definition) is 1. The quantitative estimate of drug-likeness (QED) is 0.492. The Morgan fingerprint density at radius 3 is 3.08 bits per heavy atom. The van der Waals surface area contributed by atoms with Crippen molar-refractivity contribution in [1.82, 2.24) is 4.90 Å². The molecule has 0 aromatic heterocycles. The first-order chi connectivity index (χ1) is 6.36. The molecule has 0 radical (unpaired) electrons. The van der Waals surface area contributed by atoms with Crippen molar-refractivity contribution < 1.29 is 9.90 Å². The van der Waals surface area contributed by atoms with Gasteiger partial charge < -0.3 is 10.0 Å². The fourth-order valence-electron chi connectivity index (χ4n) is 1.10. The topological polar surface area (TPSA) is 52.9 Å². The van der Waals surface area contributed by atoms with Gasteiger partial charge in [-0.2, -0.15) is 0 Å². The molecule has 1 rings (SSSR count). The number of rotatable bonds is 4. The van der Waals surface area contributed by atoms with Crippen LogP contribution < -0.4 is 0 Å². The number of β-amino-alcohol motifs (C(OH)–C–C–N with tert-alkyl or cyclic N) is 1. The molecule has 0 aromatic carbocycles. The fourth-order valence-corrected chi connectivity index (χ4v) is 1.10. The van der Waals surface area contributed by atoms with E-state index in [1.807, 2.05) is 23.3 Å². The lowest BCUT2D eigenvalue weighted by Crippen LogP contribution is -2.23. The van der Waals surface area contributed by atoms with Crippen molar-refractivity contribution in [2.45, 2.75) is 0 Å². The molecule has 1 aliphatic heterocycles. The van der Waals surface area contributed by atoms with E-state index in [4.69, 9.17) is 5.11 Å². The second-order valence-corrected chi connectivity index (χ2v) is 2.72. The molecule has 4 nitrogen and oxygen atoms in total. The van der Waals surface area contributed by atoms with Crippen molar-refractivity contribution in [2.24, 2.45) is 4.99 Å². The molecule has 0 saturated heterocycles. The number of carbonyl (C=O) groups excluding carboxylic acids is 1. The molecule has 0 saturated carbocycles. The van der Waals surface area contributed by atoms with Gasteiger partial charge >= 0.3 is 0 Å². The highest BCUT2D eigenvalue weighted by Crippen LogP contribution is 2.06. The lowest BCUT2D eigenvalue weighted by atomic mass is 10.2. The highest BCUT2D eigenvalue weighted by molar-refractivity contribution is 5.35. The molecule has 0 atom stereocenters. The van der Waals surface area contributed by atoms with Gasteiger partial charge in [-0.3, -0.25) is 0 Å². The molecule has 0 fully saturated rings. The average molecular weight is 180 g/mol. The summed E-state index contributed by atoms with van der Waals surface area (Å²) in [6.45, 7) is 1.95. The molecular formula is C9H12N2O2. The lowest BCUT2D eigenvalue weighted by molar-refractivity contribution is 0.244. The van der Waals surface area contributed by atoms with E-state index < -0.39 is 0 Å². The van der Waals surface area contributed by atoms with E-state index in [0.717, 1.165) is 12.1 Å². The molecule has 0 amide bonds. The van der Waals surface area contributed by atoms with Crippen LogP contribution in [-0.4, -0.2) is 42.3 Å². The predicted octanol–water partition coefficient (Wildman–Crippen LogP) is 0.0702. The van der Waals surface area contributed by atoms with Gasteiger partial charge in [0.15, 0.2) is 0 Å². The standard InChI is InChI=1S/C9H12N2O2/c12-6-5-11-3-1-9(2-4-11)7-10-8-13/h1-3,12H,4-7H2. The molecule has 0 aromatic rings. The first-order valence-corrected chi connectivity index (χ1v) is 4.12. The van der Waals surface area contributed by atoms with Gasteiger partial charge in [0.05, 0.1) is 13.2 Å². The summed E-state index contributed by atoms with van der Waals surface area (Å²) in [5.74, 6) is 0. The van der Waals surface area contributed by atoms with Crippen LogP contribution in [0.25, 0.3) is 0 Å². The first-order valence-electron chi connectivity index (χ1n) is 4.12. The normalized spacial score (nSPS) is 15.2. The minimum atomic E-state index is 0.153. The van der Waals surface area contributed by atoms with Gasteiger partial charge in [-0.25, -0.2) is 9.79 Å². The van der Waals surface area contributed by atoms with Crippen molar-refractivity contribution in [3.05, 3.63) is 23.9 Å². The lowest BCUT2D eigenvalue weighted by Gasteiger charge is -2.20. The Bertz CT molecular complexity index is 265. The monoisotopic (exact) mass is 180 g/mol. The number of aliphatic hydroxyl groups is 1. The van der Waals surface area contributed by atoms with Crippen molar-refractivity contribution >= 4 is 6.08 Å². The van der Waals surface area contributed by atoms with Crippen LogP contribution in [0, 0.1) is 0 Å². The third-order valence-corrected chi connectivity index (χ3v) is 1.80. The zero-order valence-corrected chi connectivity index (χ0v) is 7.31. The van der Waals surface area contributed by atoms with Crippen LogP contribution in [0.3, 0.4) is 0 Å². The molecule has 70 valence electrons. The molecule has 1 N–H and O–H groups in total. The Hall–Kier alpha value is -1.38. The third kappa shape index (κ3) is 3.23. The van der Waals surface area contributed by atoms with Crippen LogP contribution in [-0.2, 0) is 4.79 Å². The number of aliphatic imine (C=N–C) groups is 1. The summed E-state index contributed by atoms with van der Waals surface area (Å²) in [5, 5.41) is 8.66. The minimum Gasteiger partial charge on any atom is -0.395 e. The van der Waals surface area contributed by atoms with E-state index >= 15 is 0 Å².